The van der Waals surface area contributed by atoms with E-state index >= 15 is 0 Å². The molecule has 1 unspecified atom stereocenters. The summed E-state index contributed by atoms with van der Waals surface area (Å²) in [7, 11) is 0. The molecule has 0 bridgehead atoms. The average Bonchev–Trinajstić information content (AvgIpc) is 1.95. The molecule has 0 aliphatic carbocycles. The van der Waals surface area contributed by atoms with E-state index in [0.29, 0.717) is 12.5 Å². The second kappa shape index (κ2) is 6.02. The van der Waals surface area contributed by atoms with Crippen molar-refractivity contribution in [1.82, 2.24) is 0 Å². The molecule has 1 atom stereocenters. The van der Waals surface area contributed by atoms with Gasteiger partial charge < -0.3 is 9.84 Å². The van der Waals surface area contributed by atoms with Crippen molar-refractivity contribution >= 4 is 0 Å². The van der Waals surface area contributed by atoms with Crippen molar-refractivity contribution in [3.05, 3.63) is 0 Å². The Kier molecular flexibility index (Phi) is 5.99. The fourth-order valence-corrected chi connectivity index (χ4v) is 2.73. The largest absolute Gasteiger partial charge is 0.391 e. The van der Waals surface area contributed by atoms with Gasteiger partial charge in [-0.2, -0.15) is 0 Å². The van der Waals surface area contributed by atoms with Crippen molar-refractivity contribution in [2.75, 3.05) is 6.61 Å². The Labute approximate surface area is 101 Å². The standard InChI is InChI=1S/C14H30O2/c1-11(2)8-13(4,5)10-14(6,7)16-9-12(3)15/h11-12,15H,8-10H2,1-7H3. The van der Waals surface area contributed by atoms with Gasteiger partial charge in [-0.05, 0) is 44.9 Å². The lowest BCUT2D eigenvalue weighted by Crippen LogP contribution is -2.34. The minimum Gasteiger partial charge on any atom is -0.391 e. The summed E-state index contributed by atoms with van der Waals surface area (Å²) in [5.74, 6) is 0.711. The highest BCUT2D eigenvalue weighted by atomic mass is 16.5. The first-order chi connectivity index (χ1) is 7.04. The van der Waals surface area contributed by atoms with Crippen LogP contribution in [0, 0.1) is 11.3 Å². The number of ether oxygens (including phenoxy) is 1. The molecule has 0 aliphatic rings. The lowest BCUT2D eigenvalue weighted by Gasteiger charge is -2.36. The Balaban J connectivity index is 4.22. The molecule has 0 amide bonds. The van der Waals surface area contributed by atoms with E-state index in [1.54, 1.807) is 6.92 Å². The van der Waals surface area contributed by atoms with Gasteiger partial charge in [-0.15, -0.1) is 0 Å². The van der Waals surface area contributed by atoms with Gasteiger partial charge in [-0.3, -0.25) is 0 Å². The molecule has 0 aromatic heterocycles. The number of hydrogen-bond acceptors (Lipinski definition) is 2. The van der Waals surface area contributed by atoms with Crippen LogP contribution in [0.15, 0.2) is 0 Å². The molecule has 1 N–H and O–H groups in total. The number of aliphatic hydroxyl groups excluding tert-OH is 1. The summed E-state index contributed by atoms with van der Waals surface area (Å²) < 4.78 is 5.76. The lowest BCUT2D eigenvalue weighted by molar-refractivity contribution is -0.0771. The van der Waals surface area contributed by atoms with Crippen LogP contribution in [0.5, 0.6) is 0 Å². The molecule has 0 spiro atoms. The van der Waals surface area contributed by atoms with E-state index in [-0.39, 0.29) is 17.1 Å². The Bertz CT molecular complexity index is 193. The number of aliphatic hydroxyl groups is 1. The molecule has 0 fully saturated rings. The Morgan fingerprint density at radius 1 is 1.06 bits per heavy atom. The average molecular weight is 230 g/mol. The summed E-state index contributed by atoms with van der Waals surface area (Å²) in [6, 6.07) is 0. The smallest absolute Gasteiger partial charge is 0.0745 e. The van der Waals surface area contributed by atoms with Crippen LogP contribution in [0.4, 0.5) is 0 Å². The summed E-state index contributed by atoms with van der Waals surface area (Å²) in [6.07, 6.45) is 1.84. The molecule has 0 aromatic carbocycles. The first kappa shape index (κ1) is 15.9. The SMILES string of the molecule is CC(C)CC(C)(C)CC(C)(C)OCC(C)O. The van der Waals surface area contributed by atoms with E-state index in [1.807, 2.05) is 0 Å². The summed E-state index contributed by atoms with van der Waals surface area (Å²) >= 11 is 0. The van der Waals surface area contributed by atoms with E-state index < -0.39 is 0 Å². The maximum Gasteiger partial charge on any atom is 0.0745 e. The van der Waals surface area contributed by atoms with Gasteiger partial charge in [-0.1, -0.05) is 27.7 Å². The molecule has 98 valence electrons. The van der Waals surface area contributed by atoms with Crippen LogP contribution in [0.3, 0.4) is 0 Å². The molecule has 0 rings (SSSR count). The van der Waals surface area contributed by atoms with Gasteiger partial charge in [-0.25, -0.2) is 0 Å². The fourth-order valence-electron chi connectivity index (χ4n) is 2.73. The van der Waals surface area contributed by atoms with Gasteiger partial charge in [0.1, 0.15) is 0 Å². The predicted octanol–water partition coefficient (Wildman–Crippen LogP) is 3.62. The molecule has 0 aromatic rings. The molecular weight excluding hydrogens is 200 g/mol. The quantitative estimate of drug-likeness (QED) is 0.724. The number of rotatable bonds is 7. The first-order valence-corrected chi connectivity index (χ1v) is 6.36. The van der Waals surface area contributed by atoms with Crippen molar-refractivity contribution in [3.63, 3.8) is 0 Å². The topological polar surface area (TPSA) is 29.5 Å². The molecular formula is C14H30O2. The predicted molar refractivity (Wildman–Crippen MR) is 69.6 cm³/mol. The van der Waals surface area contributed by atoms with Crippen LogP contribution in [0.25, 0.3) is 0 Å². The van der Waals surface area contributed by atoms with Gasteiger partial charge >= 0.3 is 0 Å². The van der Waals surface area contributed by atoms with E-state index in [9.17, 15) is 5.11 Å². The summed E-state index contributed by atoms with van der Waals surface area (Å²) in [5, 5.41) is 9.23. The highest BCUT2D eigenvalue weighted by molar-refractivity contribution is 4.81. The fraction of sp³-hybridized carbons (Fsp3) is 1.00. The molecule has 0 heterocycles. The Morgan fingerprint density at radius 2 is 1.56 bits per heavy atom. The first-order valence-electron chi connectivity index (χ1n) is 6.36. The van der Waals surface area contributed by atoms with Crippen molar-refractivity contribution in [1.29, 1.82) is 0 Å². The normalized spacial score (nSPS) is 15.6. The Morgan fingerprint density at radius 3 is 1.94 bits per heavy atom. The third-order valence-electron chi connectivity index (χ3n) is 2.58. The second-order valence-corrected chi connectivity index (χ2v) is 6.86. The van der Waals surface area contributed by atoms with Gasteiger partial charge in [0, 0.05) is 0 Å². The van der Waals surface area contributed by atoms with Gasteiger partial charge in [0.05, 0.1) is 18.3 Å². The van der Waals surface area contributed by atoms with Crippen molar-refractivity contribution in [2.24, 2.45) is 11.3 Å². The zero-order valence-electron chi connectivity index (χ0n) is 12.1. The zero-order chi connectivity index (χ0) is 13.0. The molecule has 0 radical (unpaired) electrons. The van der Waals surface area contributed by atoms with Gasteiger partial charge in [0.25, 0.3) is 0 Å². The third-order valence-corrected chi connectivity index (χ3v) is 2.58. The second-order valence-electron chi connectivity index (χ2n) is 6.86. The molecule has 0 saturated heterocycles. The molecule has 0 saturated carbocycles. The minimum absolute atomic E-state index is 0.157. The zero-order valence-corrected chi connectivity index (χ0v) is 12.1. The molecule has 16 heavy (non-hydrogen) atoms. The summed E-state index contributed by atoms with van der Waals surface area (Å²) in [4.78, 5) is 0. The monoisotopic (exact) mass is 230 g/mol. The van der Waals surface area contributed by atoms with Crippen LogP contribution in [-0.4, -0.2) is 23.4 Å². The summed E-state index contributed by atoms with van der Waals surface area (Å²) in [6.45, 7) is 15.5. The molecule has 2 nitrogen and oxygen atoms in total. The van der Waals surface area contributed by atoms with Gasteiger partial charge in [0.15, 0.2) is 0 Å². The maximum atomic E-state index is 9.23. The van der Waals surface area contributed by atoms with E-state index in [1.165, 1.54) is 6.42 Å². The Hall–Kier alpha value is -0.0800. The van der Waals surface area contributed by atoms with Crippen LogP contribution in [0.2, 0.25) is 0 Å². The maximum absolute atomic E-state index is 9.23. The molecule has 2 heteroatoms. The highest BCUT2D eigenvalue weighted by Gasteiger charge is 2.30. The number of hydrogen-bond donors (Lipinski definition) is 1. The van der Waals surface area contributed by atoms with E-state index in [0.717, 1.165) is 6.42 Å². The van der Waals surface area contributed by atoms with Crippen LogP contribution in [0.1, 0.15) is 61.3 Å². The third kappa shape index (κ3) is 8.12. The van der Waals surface area contributed by atoms with Crippen LogP contribution in [-0.2, 0) is 4.74 Å². The van der Waals surface area contributed by atoms with Gasteiger partial charge in [0.2, 0.25) is 0 Å². The van der Waals surface area contributed by atoms with Crippen molar-refractivity contribution < 1.29 is 9.84 Å². The lowest BCUT2D eigenvalue weighted by atomic mass is 9.76. The van der Waals surface area contributed by atoms with Crippen LogP contribution < -0.4 is 0 Å². The van der Waals surface area contributed by atoms with Crippen LogP contribution >= 0.6 is 0 Å². The van der Waals surface area contributed by atoms with E-state index in [2.05, 4.69) is 41.5 Å². The summed E-state index contributed by atoms with van der Waals surface area (Å²) in [5.41, 5.74) is 0.131. The van der Waals surface area contributed by atoms with E-state index in [4.69, 9.17) is 4.74 Å². The highest BCUT2D eigenvalue weighted by Crippen LogP contribution is 2.35. The minimum atomic E-state index is -0.382. The molecule has 0 aliphatic heterocycles. The van der Waals surface area contributed by atoms with Crippen molar-refractivity contribution in [3.8, 4) is 0 Å². The van der Waals surface area contributed by atoms with Crippen molar-refractivity contribution in [2.45, 2.75) is 73.0 Å².